The van der Waals surface area contributed by atoms with Gasteiger partial charge in [0.05, 0.1) is 0 Å². The Morgan fingerprint density at radius 3 is 2.29 bits per heavy atom. The van der Waals surface area contributed by atoms with Crippen molar-refractivity contribution in [1.82, 2.24) is 19.4 Å². The van der Waals surface area contributed by atoms with E-state index in [2.05, 4.69) is 16.4 Å². The van der Waals surface area contributed by atoms with Crippen molar-refractivity contribution < 1.29 is 93.7 Å². The fourth-order valence-corrected chi connectivity index (χ4v) is 2.43. The second kappa shape index (κ2) is 14.5. The van der Waals surface area contributed by atoms with E-state index < -0.39 is 5.69 Å². The normalized spacial score (nSPS) is 12.3. The molecular weight excluding hydrogens is 464 g/mol. The van der Waals surface area contributed by atoms with Gasteiger partial charge in [0.25, 0.3) is 0 Å². The summed E-state index contributed by atoms with van der Waals surface area (Å²) in [4.78, 5) is 42.0. The molecule has 0 aliphatic carbocycles. The van der Waals surface area contributed by atoms with Crippen LogP contribution in [-0.2, 0) is 37.5 Å². The van der Waals surface area contributed by atoms with Gasteiger partial charge in [0, 0.05) is 65.1 Å². The van der Waals surface area contributed by atoms with Gasteiger partial charge in [-0.3, -0.25) is 14.7 Å². The van der Waals surface area contributed by atoms with Gasteiger partial charge >= 0.3 is 63.1 Å². The van der Waals surface area contributed by atoms with Crippen molar-refractivity contribution >= 4 is 18.3 Å². The smallest absolute Gasteiger partial charge is 0.693 e. The van der Waals surface area contributed by atoms with E-state index in [4.69, 9.17) is 0 Å². The largest absolute Gasteiger partial charge is 1.00 e. The van der Waals surface area contributed by atoms with Gasteiger partial charge in [-0.15, -0.1) is 12.1 Å². The molecule has 1 saturated heterocycles. The fraction of sp³-hybridized carbons (Fsp3) is 0.235. The van der Waals surface area contributed by atoms with Crippen molar-refractivity contribution in [3.63, 3.8) is 0 Å². The average Bonchev–Trinajstić information content (AvgIpc) is 2.62. The maximum Gasteiger partial charge on any atom is 1.00 e. The summed E-state index contributed by atoms with van der Waals surface area (Å²) in [7, 11) is 0. The molecule has 0 saturated carbocycles. The van der Waals surface area contributed by atoms with Crippen LogP contribution in [0.5, 0.6) is 0 Å². The van der Waals surface area contributed by atoms with Gasteiger partial charge in [0.2, 0.25) is 6.41 Å². The second-order valence-corrected chi connectivity index (χ2v) is 5.28. The first-order chi connectivity index (χ1) is 11.7. The van der Waals surface area contributed by atoms with E-state index in [1.54, 1.807) is 46.3 Å². The molecule has 1 aliphatic heterocycles. The molecule has 0 bridgehead atoms. The molecule has 2 aromatic rings. The maximum absolute atomic E-state index is 12.2. The number of urea groups is 1. The van der Waals surface area contributed by atoms with Gasteiger partial charge < -0.3 is 23.4 Å². The number of hydrogen-bond donors (Lipinski definition) is 1. The predicted molar refractivity (Wildman–Crippen MR) is 98.6 cm³/mol. The molecule has 0 spiro atoms. The number of nitrogens with one attached hydrogen (secondary N) is 1. The third-order valence-corrected chi connectivity index (χ3v) is 3.77. The minimum Gasteiger partial charge on any atom is -0.693 e. The molecule has 3 amide bonds. The predicted octanol–water partition coefficient (Wildman–Crippen LogP) is -1.49. The Morgan fingerprint density at radius 2 is 1.75 bits per heavy atom. The van der Waals surface area contributed by atoms with Gasteiger partial charge in [0.15, 0.2) is 0 Å². The Labute approximate surface area is 232 Å². The summed E-state index contributed by atoms with van der Waals surface area (Å²) in [5.74, 6) is 0.196. The van der Waals surface area contributed by atoms with E-state index in [1.807, 2.05) is 0 Å². The van der Waals surface area contributed by atoms with Crippen LogP contribution >= 0.6 is 0 Å². The van der Waals surface area contributed by atoms with Crippen LogP contribution in [0.2, 0.25) is 0 Å². The van der Waals surface area contributed by atoms with Crippen LogP contribution in [0, 0.1) is 13.5 Å². The summed E-state index contributed by atoms with van der Waals surface area (Å²) in [6.07, 6.45) is 2.34. The van der Waals surface area contributed by atoms with Crippen LogP contribution in [0.15, 0.2) is 41.3 Å². The van der Waals surface area contributed by atoms with E-state index in [1.165, 1.54) is 4.57 Å². The minimum absolute atomic E-state index is 0. The summed E-state index contributed by atoms with van der Waals surface area (Å²) in [6, 6.07) is 11.0. The molecule has 0 unspecified atom stereocenters. The molecule has 11 heteroatoms. The van der Waals surface area contributed by atoms with E-state index in [-0.39, 0.29) is 110 Å². The van der Waals surface area contributed by atoms with Crippen LogP contribution in [0.25, 0.3) is 11.8 Å². The standard InChI is InChI=1S/C16H16N5O3.CH3.K.H2N.Y/c22-12-19-8-10-20(11-9-19)15(23)17-14-6-7-21(16(24)18-14)13-4-2-1-3-5-13;;;;/h2-7,12H,8-11H2,(H,17,18,23,24);1H3;;1H2;/q2*-1;+1;-1;. The molecule has 2 heterocycles. The molecule has 0 atom stereocenters. The molecule has 1 aromatic heterocycles. The quantitative estimate of drug-likeness (QED) is 0.324. The summed E-state index contributed by atoms with van der Waals surface area (Å²) in [5, 5.41) is 2.61. The van der Waals surface area contributed by atoms with Gasteiger partial charge in [-0.1, -0.05) is 5.69 Å². The van der Waals surface area contributed by atoms with Crippen LogP contribution in [0.3, 0.4) is 0 Å². The summed E-state index contributed by atoms with van der Waals surface area (Å²) in [6.45, 7) is 1.89. The molecule has 3 N–H and O–H groups in total. The van der Waals surface area contributed by atoms with Gasteiger partial charge in [-0.2, -0.15) is 23.2 Å². The average molecular weight is 485 g/mol. The van der Waals surface area contributed by atoms with Crippen molar-refractivity contribution in [2.24, 2.45) is 0 Å². The summed E-state index contributed by atoms with van der Waals surface area (Å²) < 4.78 is 1.38. The van der Waals surface area contributed by atoms with Crippen LogP contribution in [-0.4, -0.2) is 58.0 Å². The van der Waals surface area contributed by atoms with Crippen LogP contribution in [0.4, 0.5) is 10.6 Å². The number of carbonyl (C=O) groups excluding carboxylic acids is 2. The van der Waals surface area contributed by atoms with Crippen LogP contribution < -0.4 is 62.4 Å². The van der Waals surface area contributed by atoms with Crippen molar-refractivity contribution in [3.8, 4) is 5.69 Å². The molecule has 1 aromatic carbocycles. The van der Waals surface area contributed by atoms with Crippen LogP contribution in [0.1, 0.15) is 0 Å². The minimum atomic E-state index is -0.482. The summed E-state index contributed by atoms with van der Waals surface area (Å²) in [5.41, 5.74) is 0.193. The molecule has 28 heavy (non-hydrogen) atoms. The Balaban J connectivity index is 0. The van der Waals surface area contributed by atoms with Crippen molar-refractivity contribution in [2.45, 2.75) is 0 Å². The molecule has 9 nitrogen and oxygen atoms in total. The molecule has 1 fully saturated rings. The van der Waals surface area contributed by atoms with Crippen molar-refractivity contribution in [1.29, 1.82) is 0 Å². The molecule has 1 radical (unpaired) electrons. The number of amides is 3. The number of rotatable bonds is 3. The Bertz CT molecular complexity index is 797. The van der Waals surface area contributed by atoms with Crippen molar-refractivity contribution in [3.05, 3.63) is 66.7 Å². The fourth-order valence-electron chi connectivity index (χ4n) is 2.43. The van der Waals surface area contributed by atoms with Gasteiger partial charge in [-0.25, -0.2) is 9.59 Å². The van der Waals surface area contributed by atoms with Crippen molar-refractivity contribution in [2.75, 3.05) is 31.5 Å². The number of aromatic nitrogens is 2. The first-order valence-corrected chi connectivity index (χ1v) is 7.49. The van der Waals surface area contributed by atoms with E-state index in [9.17, 15) is 14.4 Å². The molecule has 143 valence electrons. The first kappa shape index (κ1) is 29.7. The monoisotopic (exact) mass is 485 g/mol. The first-order valence-electron chi connectivity index (χ1n) is 7.49. The van der Waals surface area contributed by atoms with E-state index in [0.29, 0.717) is 31.9 Å². The molecule has 1 aliphatic rings. The number of benzene rings is 1. The Kier molecular flexibility index (Phi) is 15.4. The number of hydrogen-bond acceptors (Lipinski definition) is 4. The van der Waals surface area contributed by atoms with Gasteiger partial charge in [0.1, 0.15) is 5.82 Å². The maximum atomic E-state index is 12.2. The zero-order chi connectivity index (χ0) is 16.9. The zero-order valence-corrected chi connectivity index (χ0v) is 22.0. The Hall–Kier alpha value is -0.460. The molecule has 3 rings (SSSR count). The SMILES string of the molecule is O=CN1CCN(C(=O)Nc2ccn(-c3cc[c-]cc3)c(=O)n2)CC1.[CH3-].[K+].[NH2-].[Y]. The molecular formula is C17H21KN6O3Y-2. The number of anilines is 1. The summed E-state index contributed by atoms with van der Waals surface area (Å²) >= 11 is 0. The number of piperazine rings is 1. The Morgan fingerprint density at radius 1 is 1.14 bits per heavy atom. The topological polar surface area (TPSA) is 121 Å². The third-order valence-electron chi connectivity index (χ3n) is 3.77. The van der Waals surface area contributed by atoms with Gasteiger partial charge in [-0.05, 0) is 6.07 Å². The number of nitrogens with zero attached hydrogens (tertiary/aromatic N) is 4. The second-order valence-electron chi connectivity index (χ2n) is 5.28. The third kappa shape index (κ3) is 7.75. The zero-order valence-electron chi connectivity index (χ0n) is 16.0. The van der Waals surface area contributed by atoms with E-state index >= 15 is 0 Å². The number of carbonyl (C=O) groups is 2. The number of nitrogens with two attached hydrogens (primary N) is 1. The van der Waals surface area contributed by atoms with E-state index in [0.717, 1.165) is 6.41 Å².